The molecule has 134 valence electrons. The average Bonchev–Trinajstić information content (AvgIpc) is 3.03. The highest BCUT2D eigenvalue weighted by atomic mass is 32.2. The lowest BCUT2D eigenvalue weighted by molar-refractivity contribution is -0.268. The minimum Gasteiger partial charge on any atom is -0.872 e. The number of amides is 1. The molecule has 0 saturated heterocycles. The number of fused-ring (bicyclic) bond motifs is 1. The van der Waals surface area contributed by atoms with Gasteiger partial charge >= 0.3 is 5.97 Å². The standard InChI is InChI=1S/C17H15N3O5S/c1-25-10-3-4-12-13(7-10)20-17(19-12)26-8-15(22)18-9-2-5-14(21)11(6-9)16(23)24/h2-7,21H,8H2,1H3,(H,18,22)(H,19,20)(H,23,24)/p-1. The molecule has 3 N–H and O–H groups in total. The number of thioether (sulfide) groups is 1. The minimum absolute atomic E-state index is 0.0679. The number of nitrogens with zero attached hydrogens (tertiary/aromatic N) is 1. The lowest BCUT2D eigenvalue weighted by Gasteiger charge is -2.12. The maximum atomic E-state index is 12.0. The number of aromatic amines is 1. The van der Waals surface area contributed by atoms with Gasteiger partial charge in [0.15, 0.2) is 5.16 Å². The Hall–Kier alpha value is -3.20. The monoisotopic (exact) mass is 372 g/mol. The molecule has 0 spiro atoms. The Labute approximate surface area is 152 Å². The van der Waals surface area contributed by atoms with E-state index in [1.807, 2.05) is 12.1 Å². The van der Waals surface area contributed by atoms with Crippen LogP contribution in [0.2, 0.25) is 0 Å². The molecule has 9 heteroatoms. The fourth-order valence-corrected chi connectivity index (χ4v) is 2.95. The number of rotatable bonds is 6. The molecule has 0 atom stereocenters. The smallest absolute Gasteiger partial charge is 0.335 e. The molecular weight excluding hydrogens is 358 g/mol. The fraction of sp³-hybridized carbons (Fsp3) is 0.118. The van der Waals surface area contributed by atoms with Gasteiger partial charge in [0.05, 0.1) is 29.5 Å². The molecule has 3 aromatic rings. The molecule has 0 saturated carbocycles. The molecule has 26 heavy (non-hydrogen) atoms. The largest absolute Gasteiger partial charge is 0.872 e. The number of carboxylic acid groups (broad SMARTS) is 1. The summed E-state index contributed by atoms with van der Waals surface area (Å²) in [5.41, 5.74) is 1.42. The van der Waals surface area contributed by atoms with E-state index in [0.29, 0.717) is 10.9 Å². The molecule has 0 unspecified atom stereocenters. The second kappa shape index (κ2) is 7.36. The number of aromatic nitrogens is 2. The van der Waals surface area contributed by atoms with Gasteiger partial charge in [-0.15, -0.1) is 0 Å². The quantitative estimate of drug-likeness (QED) is 0.565. The first-order chi connectivity index (χ1) is 12.5. The third kappa shape index (κ3) is 3.89. The number of H-pyrrole nitrogens is 1. The molecule has 1 amide bonds. The molecule has 0 aliphatic heterocycles. The van der Waals surface area contributed by atoms with Crippen molar-refractivity contribution in [1.82, 2.24) is 9.97 Å². The molecule has 3 rings (SSSR count). The van der Waals surface area contributed by atoms with Crippen molar-refractivity contribution in [3.63, 3.8) is 0 Å². The number of benzene rings is 2. The van der Waals surface area contributed by atoms with Gasteiger partial charge in [-0.1, -0.05) is 23.6 Å². The maximum absolute atomic E-state index is 12.0. The zero-order chi connectivity index (χ0) is 18.7. The maximum Gasteiger partial charge on any atom is 0.335 e. The van der Waals surface area contributed by atoms with Crippen LogP contribution in [-0.4, -0.2) is 39.8 Å². The fourth-order valence-electron chi connectivity index (χ4n) is 2.27. The van der Waals surface area contributed by atoms with Gasteiger partial charge in [-0.3, -0.25) is 4.79 Å². The third-order valence-corrected chi connectivity index (χ3v) is 4.37. The summed E-state index contributed by atoms with van der Waals surface area (Å²) in [4.78, 5) is 30.5. The molecule has 0 fully saturated rings. The summed E-state index contributed by atoms with van der Waals surface area (Å²) in [6, 6.07) is 9.03. The molecule has 0 radical (unpaired) electrons. The third-order valence-electron chi connectivity index (χ3n) is 3.50. The number of imidazole rings is 1. The second-order valence-corrected chi connectivity index (χ2v) is 6.24. The highest BCUT2D eigenvalue weighted by molar-refractivity contribution is 7.99. The van der Waals surface area contributed by atoms with Crippen LogP contribution in [0.4, 0.5) is 5.69 Å². The summed E-state index contributed by atoms with van der Waals surface area (Å²) in [6.45, 7) is 0. The van der Waals surface area contributed by atoms with Crippen LogP contribution in [0.15, 0.2) is 41.6 Å². The molecule has 8 nitrogen and oxygen atoms in total. The predicted molar refractivity (Wildman–Crippen MR) is 94.8 cm³/mol. The molecule has 1 aromatic heterocycles. The van der Waals surface area contributed by atoms with Gasteiger partial charge in [-0.2, -0.15) is 0 Å². The molecule has 1 heterocycles. The minimum atomic E-state index is -1.34. The van der Waals surface area contributed by atoms with Gasteiger partial charge in [-0.05, 0) is 24.3 Å². The highest BCUT2D eigenvalue weighted by Crippen LogP contribution is 2.24. The number of hydrogen-bond donors (Lipinski definition) is 3. The second-order valence-electron chi connectivity index (χ2n) is 5.28. The number of methoxy groups -OCH3 is 1. The zero-order valence-corrected chi connectivity index (χ0v) is 14.4. The summed E-state index contributed by atoms with van der Waals surface area (Å²) >= 11 is 1.20. The Balaban J connectivity index is 1.64. The Bertz CT molecular complexity index is 986. The SMILES string of the molecule is COc1ccc2nc(SCC(=O)Nc3ccc([O-])c(C(=O)O)c3)[nH]c2c1. The molecule has 0 aliphatic carbocycles. The van der Waals surface area contributed by atoms with Crippen LogP contribution in [0.3, 0.4) is 0 Å². The summed E-state index contributed by atoms with van der Waals surface area (Å²) in [6.07, 6.45) is 0. The van der Waals surface area contributed by atoms with E-state index >= 15 is 0 Å². The molecule has 0 bridgehead atoms. The summed E-state index contributed by atoms with van der Waals surface area (Å²) < 4.78 is 5.15. The van der Waals surface area contributed by atoms with Crippen molar-refractivity contribution >= 4 is 40.4 Å². The van der Waals surface area contributed by atoms with Crippen LogP contribution in [0.5, 0.6) is 11.5 Å². The number of carboxylic acids is 1. The van der Waals surface area contributed by atoms with Crippen molar-refractivity contribution in [2.24, 2.45) is 0 Å². The van der Waals surface area contributed by atoms with E-state index < -0.39 is 11.7 Å². The number of anilines is 1. The number of carbonyl (C=O) groups excluding carboxylic acids is 1. The summed E-state index contributed by atoms with van der Waals surface area (Å²) in [7, 11) is 1.58. The normalized spacial score (nSPS) is 10.7. The Morgan fingerprint density at radius 2 is 2.12 bits per heavy atom. The number of ether oxygens (including phenoxy) is 1. The van der Waals surface area contributed by atoms with Crippen LogP contribution >= 0.6 is 11.8 Å². The number of hydrogen-bond acceptors (Lipinski definition) is 6. The average molecular weight is 372 g/mol. The molecule has 0 aliphatic rings. The Morgan fingerprint density at radius 1 is 1.31 bits per heavy atom. The van der Waals surface area contributed by atoms with Gasteiger partial charge < -0.3 is 25.3 Å². The summed E-state index contributed by atoms with van der Waals surface area (Å²) in [5.74, 6) is -1.52. The van der Waals surface area contributed by atoms with Crippen LogP contribution in [-0.2, 0) is 4.79 Å². The van der Waals surface area contributed by atoms with Crippen LogP contribution in [0, 0.1) is 0 Å². The van der Waals surface area contributed by atoms with Gasteiger partial charge in [0.25, 0.3) is 0 Å². The van der Waals surface area contributed by atoms with Crippen LogP contribution < -0.4 is 15.2 Å². The van der Waals surface area contributed by atoms with E-state index in [1.54, 1.807) is 13.2 Å². The van der Waals surface area contributed by atoms with E-state index in [4.69, 9.17) is 9.84 Å². The number of aromatic carboxylic acids is 1. The van der Waals surface area contributed by atoms with Crippen molar-refractivity contribution < 1.29 is 24.5 Å². The molecular formula is C17H14N3O5S-. The topological polar surface area (TPSA) is 127 Å². The van der Waals surface area contributed by atoms with E-state index in [1.165, 1.54) is 17.8 Å². The number of carbonyl (C=O) groups is 2. The van der Waals surface area contributed by atoms with Crippen molar-refractivity contribution in [2.75, 3.05) is 18.2 Å². The first-order valence-corrected chi connectivity index (χ1v) is 8.45. The lowest BCUT2D eigenvalue weighted by Crippen LogP contribution is -2.15. The lowest BCUT2D eigenvalue weighted by atomic mass is 10.2. The van der Waals surface area contributed by atoms with Gasteiger partial charge in [0.1, 0.15) is 5.75 Å². The van der Waals surface area contributed by atoms with E-state index in [-0.39, 0.29) is 22.9 Å². The van der Waals surface area contributed by atoms with Crippen LogP contribution in [0.25, 0.3) is 11.0 Å². The van der Waals surface area contributed by atoms with Crippen molar-refractivity contribution in [3.8, 4) is 11.5 Å². The van der Waals surface area contributed by atoms with E-state index in [9.17, 15) is 14.7 Å². The van der Waals surface area contributed by atoms with Crippen LogP contribution in [0.1, 0.15) is 10.4 Å². The first-order valence-electron chi connectivity index (χ1n) is 7.47. The van der Waals surface area contributed by atoms with Gasteiger partial charge in [0, 0.05) is 11.8 Å². The molecule has 2 aromatic carbocycles. The highest BCUT2D eigenvalue weighted by Gasteiger charge is 2.10. The number of nitrogens with one attached hydrogen (secondary N) is 2. The van der Waals surface area contributed by atoms with Crippen molar-refractivity contribution in [1.29, 1.82) is 0 Å². The Kier molecular flexibility index (Phi) is 4.99. The Morgan fingerprint density at radius 3 is 2.85 bits per heavy atom. The first kappa shape index (κ1) is 17.6. The van der Waals surface area contributed by atoms with Crippen molar-refractivity contribution in [2.45, 2.75) is 5.16 Å². The van der Waals surface area contributed by atoms with Crippen molar-refractivity contribution in [3.05, 3.63) is 42.0 Å². The predicted octanol–water partition coefficient (Wildman–Crippen LogP) is 2.07. The van der Waals surface area contributed by atoms with Gasteiger partial charge in [-0.25, -0.2) is 9.78 Å². The van der Waals surface area contributed by atoms with E-state index in [0.717, 1.165) is 23.2 Å². The van der Waals surface area contributed by atoms with Gasteiger partial charge in [0.2, 0.25) is 5.91 Å². The van der Waals surface area contributed by atoms with E-state index in [2.05, 4.69) is 15.3 Å². The zero-order valence-electron chi connectivity index (χ0n) is 13.6. The summed E-state index contributed by atoms with van der Waals surface area (Å²) in [5, 5.41) is 23.5.